The predicted molar refractivity (Wildman–Crippen MR) is 122 cm³/mol. The number of carbonyl (C=O) groups excluding carboxylic acids is 2. The van der Waals surface area contributed by atoms with Crippen LogP contribution in [0.2, 0.25) is 0 Å². The van der Waals surface area contributed by atoms with Crippen molar-refractivity contribution in [2.24, 2.45) is 0 Å². The van der Waals surface area contributed by atoms with E-state index < -0.39 is 44.3 Å². The van der Waals surface area contributed by atoms with Gasteiger partial charge in [-0.2, -0.15) is 0 Å². The lowest BCUT2D eigenvalue weighted by atomic mass is 10.0. The molecule has 0 radical (unpaired) electrons. The minimum absolute atomic E-state index is 0.0819. The maximum absolute atomic E-state index is 12.7. The van der Waals surface area contributed by atoms with Gasteiger partial charge in [-0.1, -0.05) is 44.0 Å². The summed E-state index contributed by atoms with van der Waals surface area (Å²) in [5.74, 6) is -1.03. The van der Waals surface area contributed by atoms with Crippen LogP contribution in [0.1, 0.15) is 36.5 Å². The van der Waals surface area contributed by atoms with Gasteiger partial charge < -0.3 is 5.32 Å². The number of benzene rings is 2. The molecule has 0 bridgehead atoms. The van der Waals surface area contributed by atoms with E-state index in [0.29, 0.717) is 12.8 Å². The number of unbranched alkanes of at least 4 members (excludes halogenated alkanes) is 1. The highest BCUT2D eigenvalue weighted by atomic mass is 32.2. The third kappa shape index (κ3) is 8.06. The second-order valence-corrected chi connectivity index (χ2v) is 10.7. The van der Waals surface area contributed by atoms with Crippen LogP contribution in [0, 0.1) is 0 Å². The molecule has 0 heterocycles. The number of hydrogen-bond acceptors (Lipinski definition) is 6. The fourth-order valence-corrected chi connectivity index (χ4v) is 4.30. The lowest BCUT2D eigenvalue weighted by Gasteiger charge is -2.18. The fraction of sp³-hybridized carbons (Fsp3) is 0.333. The lowest BCUT2D eigenvalue weighted by Crippen LogP contribution is -2.45. The summed E-state index contributed by atoms with van der Waals surface area (Å²) in [7, 11) is -7.38. The molecule has 1 unspecified atom stereocenters. The van der Waals surface area contributed by atoms with Crippen molar-refractivity contribution in [2.75, 3.05) is 17.5 Å². The summed E-state index contributed by atoms with van der Waals surface area (Å²) in [4.78, 5) is 25.3. The van der Waals surface area contributed by atoms with Crippen molar-refractivity contribution in [3.05, 3.63) is 60.2 Å². The summed E-state index contributed by atoms with van der Waals surface area (Å²) in [5, 5.41) is 2.63. The molecule has 0 aliphatic carbocycles. The van der Waals surface area contributed by atoms with Gasteiger partial charge >= 0.3 is 0 Å². The highest BCUT2D eigenvalue weighted by molar-refractivity contribution is 7.92. The van der Waals surface area contributed by atoms with Gasteiger partial charge in [-0.15, -0.1) is 0 Å². The largest absolute Gasteiger partial charge is 0.342 e. The molecule has 3 N–H and O–H groups in total. The van der Waals surface area contributed by atoms with Crippen molar-refractivity contribution in [1.82, 2.24) is 10.0 Å². The molecule has 0 aliphatic rings. The summed E-state index contributed by atoms with van der Waals surface area (Å²) >= 11 is 0. The molecule has 2 aromatic rings. The van der Waals surface area contributed by atoms with Crippen LogP contribution in [0.4, 0.5) is 5.69 Å². The average molecular weight is 482 g/mol. The number of sulfonamides is 2. The molecule has 0 fully saturated rings. The highest BCUT2D eigenvalue weighted by Gasteiger charge is 2.22. The van der Waals surface area contributed by atoms with Crippen molar-refractivity contribution in [1.29, 1.82) is 0 Å². The van der Waals surface area contributed by atoms with Crippen molar-refractivity contribution < 1.29 is 26.4 Å². The van der Waals surface area contributed by atoms with Gasteiger partial charge in [0, 0.05) is 11.3 Å². The summed E-state index contributed by atoms with van der Waals surface area (Å²) in [6.07, 6.45) is 2.75. The third-order valence-electron chi connectivity index (χ3n) is 4.48. The van der Waals surface area contributed by atoms with Crippen LogP contribution in [0.5, 0.6) is 0 Å². The quantitative estimate of drug-likeness (QED) is 0.423. The van der Waals surface area contributed by atoms with Crippen molar-refractivity contribution in [3.63, 3.8) is 0 Å². The summed E-state index contributed by atoms with van der Waals surface area (Å²) in [5.41, 5.74) is 0.348. The summed E-state index contributed by atoms with van der Waals surface area (Å²) in [6.45, 7) is 1.50. The number of ketones is 1. The SMILES string of the molecule is CCCCC(NC(=O)c1cccc(NS(=O)(=O)c2ccccc2)c1)C(=O)CNS(C)(=O)=O. The monoisotopic (exact) mass is 481 g/mol. The van der Waals surface area contributed by atoms with E-state index in [1.54, 1.807) is 18.2 Å². The zero-order valence-electron chi connectivity index (χ0n) is 17.9. The Morgan fingerprint density at radius 1 is 0.969 bits per heavy atom. The van der Waals surface area contributed by atoms with Crippen LogP contribution in [0.15, 0.2) is 59.5 Å². The van der Waals surface area contributed by atoms with E-state index in [-0.39, 0.29) is 16.1 Å². The Morgan fingerprint density at radius 3 is 2.28 bits per heavy atom. The first-order valence-electron chi connectivity index (χ1n) is 9.98. The molecular weight excluding hydrogens is 454 g/mol. The number of anilines is 1. The molecule has 9 nitrogen and oxygen atoms in total. The molecular formula is C21H27N3O6S2. The van der Waals surface area contributed by atoms with Crippen LogP contribution in [-0.2, 0) is 24.8 Å². The molecule has 11 heteroatoms. The zero-order chi connectivity index (χ0) is 23.8. The van der Waals surface area contributed by atoms with Gasteiger partial charge in [0.2, 0.25) is 10.0 Å². The average Bonchev–Trinajstić information content (AvgIpc) is 2.74. The Hall–Kier alpha value is -2.76. The van der Waals surface area contributed by atoms with Gasteiger partial charge in [0.25, 0.3) is 15.9 Å². The highest BCUT2D eigenvalue weighted by Crippen LogP contribution is 2.17. The van der Waals surface area contributed by atoms with E-state index >= 15 is 0 Å². The molecule has 0 spiro atoms. The standard InChI is InChI=1S/C21H27N3O6S2/c1-3-4-13-19(20(25)15-22-31(2,27)28)23-21(26)16-9-8-10-17(14-16)24-32(29,30)18-11-6-5-7-12-18/h5-12,14,19,22,24H,3-4,13,15H2,1-2H3,(H,23,26). The van der Waals surface area contributed by atoms with E-state index in [4.69, 9.17) is 0 Å². The number of carbonyl (C=O) groups is 2. The van der Waals surface area contributed by atoms with E-state index in [1.807, 2.05) is 6.92 Å². The van der Waals surface area contributed by atoms with Crippen LogP contribution < -0.4 is 14.8 Å². The molecule has 1 amide bonds. The van der Waals surface area contributed by atoms with Gasteiger partial charge in [-0.05, 0) is 36.8 Å². The number of Topliss-reactive ketones (excluding diaryl/α,β-unsaturated/α-hetero) is 1. The number of nitrogens with one attached hydrogen (secondary N) is 3. The second-order valence-electron chi connectivity index (χ2n) is 7.23. The van der Waals surface area contributed by atoms with Crippen molar-refractivity contribution in [2.45, 2.75) is 37.1 Å². The van der Waals surface area contributed by atoms with Gasteiger partial charge in [0.05, 0.1) is 23.7 Å². The minimum Gasteiger partial charge on any atom is -0.342 e. The Labute approximate surface area is 188 Å². The van der Waals surface area contributed by atoms with Crippen molar-refractivity contribution >= 4 is 37.4 Å². The Bertz CT molecular complexity index is 1150. The molecule has 0 saturated carbocycles. The summed E-state index contributed by atoms with van der Waals surface area (Å²) < 4.78 is 52.1. The number of amides is 1. The topological polar surface area (TPSA) is 139 Å². The van der Waals surface area contributed by atoms with Crippen molar-refractivity contribution in [3.8, 4) is 0 Å². The first-order valence-corrected chi connectivity index (χ1v) is 13.4. The Kier molecular flexibility index (Phi) is 8.93. The normalized spacial score (nSPS) is 12.7. The van der Waals surface area contributed by atoms with E-state index in [9.17, 15) is 26.4 Å². The van der Waals surface area contributed by atoms with Crippen LogP contribution in [-0.4, -0.2) is 47.4 Å². The molecule has 0 aromatic heterocycles. The molecule has 0 saturated heterocycles. The van der Waals surface area contributed by atoms with Gasteiger partial charge in [0.1, 0.15) is 0 Å². The zero-order valence-corrected chi connectivity index (χ0v) is 19.5. The van der Waals surface area contributed by atoms with Gasteiger partial charge in [0.15, 0.2) is 5.78 Å². The van der Waals surface area contributed by atoms with E-state index in [0.717, 1.165) is 12.7 Å². The second kappa shape index (κ2) is 11.2. The van der Waals surface area contributed by atoms with Crippen LogP contribution in [0.3, 0.4) is 0 Å². The molecule has 1 atom stereocenters. The first-order chi connectivity index (χ1) is 15.0. The smallest absolute Gasteiger partial charge is 0.261 e. The molecule has 32 heavy (non-hydrogen) atoms. The maximum Gasteiger partial charge on any atom is 0.261 e. The van der Waals surface area contributed by atoms with E-state index in [2.05, 4.69) is 14.8 Å². The van der Waals surface area contributed by atoms with Gasteiger partial charge in [-0.3, -0.25) is 14.3 Å². The fourth-order valence-electron chi connectivity index (χ4n) is 2.83. The summed E-state index contributed by atoms with van der Waals surface area (Å²) in [6, 6.07) is 12.8. The molecule has 2 rings (SSSR count). The number of hydrogen-bond donors (Lipinski definition) is 3. The molecule has 0 aliphatic heterocycles. The van der Waals surface area contributed by atoms with Crippen LogP contribution in [0.25, 0.3) is 0 Å². The van der Waals surface area contributed by atoms with E-state index in [1.165, 1.54) is 36.4 Å². The van der Waals surface area contributed by atoms with Gasteiger partial charge in [-0.25, -0.2) is 21.6 Å². The molecule has 2 aromatic carbocycles. The minimum atomic E-state index is -3.83. The predicted octanol–water partition coefficient (Wildman–Crippen LogP) is 1.89. The first kappa shape index (κ1) is 25.5. The Balaban J connectivity index is 2.14. The number of rotatable bonds is 12. The molecule has 174 valence electrons. The third-order valence-corrected chi connectivity index (χ3v) is 6.55. The maximum atomic E-state index is 12.7. The van der Waals surface area contributed by atoms with Crippen LogP contribution >= 0.6 is 0 Å². The lowest BCUT2D eigenvalue weighted by molar-refractivity contribution is -0.120. The Morgan fingerprint density at radius 2 is 1.66 bits per heavy atom.